The SMILES string of the molecule is O[C@H]1CC=C[C@@H]2COC[C@@]2(O)C1. The summed E-state index contributed by atoms with van der Waals surface area (Å²) in [6.07, 6.45) is 4.56. The molecule has 1 aliphatic heterocycles. The summed E-state index contributed by atoms with van der Waals surface area (Å²) < 4.78 is 5.19. The zero-order chi connectivity index (χ0) is 8.60. The van der Waals surface area contributed by atoms with Gasteiger partial charge in [-0.3, -0.25) is 0 Å². The summed E-state index contributed by atoms with van der Waals surface area (Å²) in [5, 5.41) is 19.5. The van der Waals surface area contributed by atoms with E-state index in [1.807, 2.05) is 12.2 Å². The van der Waals surface area contributed by atoms with Gasteiger partial charge in [-0.15, -0.1) is 0 Å². The first-order valence-corrected chi connectivity index (χ1v) is 4.35. The Bertz CT molecular complexity index is 202. The van der Waals surface area contributed by atoms with Gasteiger partial charge in [0, 0.05) is 12.3 Å². The Morgan fingerprint density at radius 1 is 1.50 bits per heavy atom. The maximum absolute atomic E-state index is 10.0. The number of hydrogen-bond acceptors (Lipinski definition) is 3. The fourth-order valence-corrected chi connectivity index (χ4v) is 1.96. The molecular formula is C9H14O3. The van der Waals surface area contributed by atoms with Crippen molar-refractivity contribution in [3.8, 4) is 0 Å². The van der Waals surface area contributed by atoms with Gasteiger partial charge in [0.15, 0.2) is 0 Å². The van der Waals surface area contributed by atoms with Crippen molar-refractivity contribution in [2.75, 3.05) is 13.2 Å². The number of aliphatic hydroxyl groups excluding tert-OH is 1. The molecule has 0 aromatic rings. The lowest BCUT2D eigenvalue weighted by Gasteiger charge is -2.26. The van der Waals surface area contributed by atoms with Crippen LogP contribution in [0, 0.1) is 5.92 Å². The highest BCUT2D eigenvalue weighted by molar-refractivity contribution is 5.07. The van der Waals surface area contributed by atoms with Crippen LogP contribution < -0.4 is 0 Å². The van der Waals surface area contributed by atoms with Gasteiger partial charge in [-0.1, -0.05) is 12.2 Å². The summed E-state index contributed by atoms with van der Waals surface area (Å²) in [5.41, 5.74) is -0.813. The van der Waals surface area contributed by atoms with Crippen molar-refractivity contribution in [1.29, 1.82) is 0 Å². The van der Waals surface area contributed by atoms with Crippen LogP contribution in [0.4, 0.5) is 0 Å². The molecule has 2 rings (SSSR count). The van der Waals surface area contributed by atoms with Crippen LogP contribution in [0.25, 0.3) is 0 Å². The van der Waals surface area contributed by atoms with E-state index in [0.29, 0.717) is 26.1 Å². The highest BCUT2D eigenvalue weighted by Crippen LogP contribution is 2.33. The Balaban J connectivity index is 2.19. The molecule has 0 aromatic carbocycles. The zero-order valence-corrected chi connectivity index (χ0v) is 6.94. The molecule has 68 valence electrons. The largest absolute Gasteiger partial charge is 0.393 e. The third-order valence-electron chi connectivity index (χ3n) is 2.71. The van der Waals surface area contributed by atoms with Crippen molar-refractivity contribution < 1.29 is 14.9 Å². The van der Waals surface area contributed by atoms with Crippen molar-refractivity contribution in [1.82, 2.24) is 0 Å². The number of rotatable bonds is 0. The number of hydrogen-bond donors (Lipinski definition) is 2. The van der Waals surface area contributed by atoms with Crippen LogP contribution in [-0.4, -0.2) is 35.1 Å². The van der Waals surface area contributed by atoms with E-state index in [1.54, 1.807) is 0 Å². The van der Waals surface area contributed by atoms with Gasteiger partial charge in [0.2, 0.25) is 0 Å². The molecule has 3 heteroatoms. The normalized spacial score (nSPS) is 47.2. The fourth-order valence-electron chi connectivity index (χ4n) is 1.96. The van der Waals surface area contributed by atoms with Gasteiger partial charge < -0.3 is 14.9 Å². The first-order valence-electron chi connectivity index (χ1n) is 4.35. The van der Waals surface area contributed by atoms with Crippen molar-refractivity contribution in [3.63, 3.8) is 0 Å². The summed E-state index contributed by atoms with van der Waals surface area (Å²) in [6.45, 7) is 0.943. The fraction of sp³-hybridized carbons (Fsp3) is 0.778. The van der Waals surface area contributed by atoms with E-state index in [-0.39, 0.29) is 5.92 Å². The molecule has 3 atom stereocenters. The number of ether oxygens (including phenoxy) is 1. The summed E-state index contributed by atoms with van der Waals surface area (Å²) in [4.78, 5) is 0. The monoisotopic (exact) mass is 170 g/mol. The first-order chi connectivity index (χ1) is 5.71. The smallest absolute Gasteiger partial charge is 0.0988 e. The second-order valence-corrected chi connectivity index (χ2v) is 3.75. The second-order valence-electron chi connectivity index (χ2n) is 3.75. The molecule has 0 bridgehead atoms. The molecule has 0 unspecified atom stereocenters. The minimum Gasteiger partial charge on any atom is -0.393 e. The number of aliphatic hydroxyl groups is 2. The first kappa shape index (κ1) is 8.23. The minimum absolute atomic E-state index is 0.0784. The van der Waals surface area contributed by atoms with Crippen LogP contribution in [0.5, 0.6) is 0 Å². The Hall–Kier alpha value is -0.380. The summed E-state index contributed by atoms with van der Waals surface area (Å²) in [7, 11) is 0. The molecule has 12 heavy (non-hydrogen) atoms. The lowest BCUT2D eigenvalue weighted by atomic mass is 9.87. The Morgan fingerprint density at radius 2 is 2.33 bits per heavy atom. The predicted molar refractivity (Wildman–Crippen MR) is 43.6 cm³/mol. The summed E-state index contributed by atoms with van der Waals surface area (Å²) in [6, 6.07) is 0. The van der Waals surface area contributed by atoms with Gasteiger partial charge in [0.25, 0.3) is 0 Å². The average molecular weight is 170 g/mol. The standard InChI is InChI=1S/C9H14O3/c10-8-3-1-2-7-5-12-6-9(7,11)4-8/h1-2,7-8,10-11H,3-6H2/t7-,8+,9+/m1/s1. The third kappa shape index (κ3) is 1.28. The van der Waals surface area contributed by atoms with Crippen LogP contribution >= 0.6 is 0 Å². The lowest BCUT2D eigenvalue weighted by Crippen LogP contribution is -2.38. The van der Waals surface area contributed by atoms with E-state index in [2.05, 4.69) is 0 Å². The molecule has 1 saturated heterocycles. The maximum Gasteiger partial charge on any atom is 0.0988 e. The molecule has 1 aliphatic carbocycles. The van der Waals surface area contributed by atoms with Crippen molar-refractivity contribution in [2.24, 2.45) is 5.92 Å². The van der Waals surface area contributed by atoms with Crippen molar-refractivity contribution >= 4 is 0 Å². The molecule has 2 aliphatic rings. The van der Waals surface area contributed by atoms with Crippen LogP contribution in [0.15, 0.2) is 12.2 Å². The molecule has 2 N–H and O–H groups in total. The number of fused-ring (bicyclic) bond motifs is 1. The summed E-state index contributed by atoms with van der Waals surface area (Å²) >= 11 is 0. The molecule has 1 fully saturated rings. The van der Waals surface area contributed by atoms with Crippen LogP contribution in [0.1, 0.15) is 12.8 Å². The van der Waals surface area contributed by atoms with E-state index < -0.39 is 11.7 Å². The van der Waals surface area contributed by atoms with Gasteiger partial charge in [0.1, 0.15) is 0 Å². The van der Waals surface area contributed by atoms with Crippen LogP contribution in [-0.2, 0) is 4.74 Å². The molecule has 3 nitrogen and oxygen atoms in total. The van der Waals surface area contributed by atoms with Gasteiger partial charge in [-0.25, -0.2) is 0 Å². The zero-order valence-electron chi connectivity index (χ0n) is 6.94. The molecular weight excluding hydrogens is 156 g/mol. The molecule has 0 saturated carbocycles. The van der Waals surface area contributed by atoms with Gasteiger partial charge in [-0.2, -0.15) is 0 Å². The van der Waals surface area contributed by atoms with E-state index >= 15 is 0 Å². The quantitative estimate of drug-likeness (QED) is 0.506. The van der Waals surface area contributed by atoms with E-state index in [1.165, 1.54) is 0 Å². The van der Waals surface area contributed by atoms with Gasteiger partial charge >= 0.3 is 0 Å². The van der Waals surface area contributed by atoms with Gasteiger partial charge in [0.05, 0.1) is 24.9 Å². The minimum atomic E-state index is -0.813. The van der Waals surface area contributed by atoms with Crippen LogP contribution in [0.3, 0.4) is 0 Å². The molecule has 0 amide bonds. The Kier molecular flexibility index (Phi) is 1.94. The Morgan fingerprint density at radius 3 is 3.17 bits per heavy atom. The maximum atomic E-state index is 10.0. The molecule has 0 spiro atoms. The predicted octanol–water partition coefficient (Wildman–Crippen LogP) is 0.0748. The van der Waals surface area contributed by atoms with E-state index in [9.17, 15) is 10.2 Å². The third-order valence-corrected chi connectivity index (χ3v) is 2.71. The molecule has 0 radical (unpaired) electrons. The molecule has 0 aromatic heterocycles. The van der Waals surface area contributed by atoms with Crippen molar-refractivity contribution in [2.45, 2.75) is 24.5 Å². The summed E-state index contributed by atoms with van der Waals surface area (Å²) in [5.74, 6) is 0.0784. The average Bonchev–Trinajstić information content (AvgIpc) is 2.26. The van der Waals surface area contributed by atoms with Crippen LogP contribution in [0.2, 0.25) is 0 Å². The highest BCUT2D eigenvalue weighted by atomic mass is 16.5. The highest BCUT2D eigenvalue weighted by Gasteiger charge is 2.43. The molecule has 1 heterocycles. The second kappa shape index (κ2) is 2.83. The van der Waals surface area contributed by atoms with Crippen molar-refractivity contribution in [3.05, 3.63) is 12.2 Å². The Labute approximate surface area is 71.7 Å². The van der Waals surface area contributed by atoms with Gasteiger partial charge in [-0.05, 0) is 6.42 Å². The van der Waals surface area contributed by atoms with E-state index in [0.717, 1.165) is 0 Å². The van der Waals surface area contributed by atoms with E-state index in [4.69, 9.17) is 4.74 Å². The topological polar surface area (TPSA) is 49.7 Å². The lowest BCUT2D eigenvalue weighted by molar-refractivity contribution is -0.0269.